The number of aliphatic hydroxyl groups excluding tert-OH is 5. The first kappa shape index (κ1) is 76.4. The number of ether oxygens (including phenoxy) is 3. The molecule has 6 N–H and O–H groups in total. The summed E-state index contributed by atoms with van der Waals surface area (Å²) in [7, 11) is 0. The lowest BCUT2D eigenvalue weighted by Gasteiger charge is -2.41. The van der Waals surface area contributed by atoms with E-state index in [0.29, 0.717) is 19.3 Å². The van der Waals surface area contributed by atoms with Gasteiger partial charge in [0.25, 0.3) is 0 Å². The third-order valence-corrected chi connectivity index (χ3v) is 15.9. The summed E-state index contributed by atoms with van der Waals surface area (Å²) in [5.74, 6) is -1.19. The molecule has 8 atom stereocenters. The number of carbonyl (C=O) groups excluding carboxylic acids is 2. The van der Waals surface area contributed by atoms with E-state index >= 15 is 0 Å². The third-order valence-electron chi connectivity index (χ3n) is 15.9. The first-order valence-electron chi connectivity index (χ1n) is 34.1. The molecule has 0 saturated carbocycles. The quantitative estimate of drug-likeness (QED) is 0.0195. The minimum absolute atomic E-state index is 0.120. The number of aliphatic hydroxyl groups is 5. The molecule has 81 heavy (non-hydrogen) atoms. The van der Waals surface area contributed by atoms with Crippen LogP contribution in [0, 0.1) is 0 Å². The molecule has 8 unspecified atom stereocenters. The van der Waals surface area contributed by atoms with Crippen LogP contribution in [0.2, 0.25) is 0 Å². The average molecular weight is 1140 g/mol. The van der Waals surface area contributed by atoms with E-state index in [1.54, 1.807) is 6.08 Å². The molecule has 1 rings (SSSR count). The lowest BCUT2D eigenvalue weighted by molar-refractivity contribution is -0.305. The summed E-state index contributed by atoms with van der Waals surface area (Å²) in [6.07, 6.45) is 62.6. The fourth-order valence-corrected chi connectivity index (χ4v) is 10.5. The van der Waals surface area contributed by atoms with Crippen molar-refractivity contribution in [1.82, 2.24) is 5.32 Å². The van der Waals surface area contributed by atoms with Gasteiger partial charge in [0.2, 0.25) is 5.91 Å². The van der Waals surface area contributed by atoms with Crippen molar-refractivity contribution in [3.63, 3.8) is 0 Å². The monoisotopic (exact) mass is 1140 g/mol. The Balaban J connectivity index is 2.55. The van der Waals surface area contributed by atoms with Gasteiger partial charge >= 0.3 is 5.97 Å². The van der Waals surface area contributed by atoms with Crippen molar-refractivity contribution in [3.05, 3.63) is 60.8 Å². The number of nitrogens with one attached hydrogen (secondary N) is 1. The van der Waals surface area contributed by atoms with E-state index in [9.17, 15) is 35.1 Å². The zero-order chi connectivity index (χ0) is 58.9. The predicted octanol–water partition coefficient (Wildman–Crippen LogP) is 17.0. The van der Waals surface area contributed by atoms with Crippen LogP contribution in [0.15, 0.2) is 60.8 Å². The standard InChI is InChI=1S/C70H127NO10/c1-4-7-10-13-16-19-22-25-26-27-28-29-30-31-32-33-34-35-36-37-38-40-43-46-49-52-55-58-65(75)81-68-67(77)66(76)64(59-72)80-70(68)79-60-61(62(73)56-53-50-47-44-41-24-21-18-15-12-9-6-3)71-69(78)63(74)57-54-51-48-45-42-39-23-20-17-14-11-8-5-2/h16,19,25-26,28-29,31-32,53,56,61-64,66-68,70,72-74,76-77H,4-15,17-18,20-24,27,30,33-52,54-55,57-60H2,1-3H3,(H,71,78)/b19-16-,26-25-,29-28-,32-31-,56-53+. The van der Waals surface area contributed by atoms with Gasteiger partial charge in [0.1, 0.15) is 24.4 Å². The van der Waals surface area contributed by atoms with Gasteiger partial charge in [-0.2, -0.15) is 0 Å². The minimum atomic E-state index is -1.61. The van der Waals surface area contributed by atoms with Gasteiger partial charge in [0.15, 0.2) is 12.4 Å². The first-order valence-corrected chi connectivity index (χ1v) is 34.1. The second kappa shape index (κ2) is 57.8. The summed E-state index contributed by atoms with van der Waals surface area (Å²) in [4.78, 5) is 26.6. The highest BCUT2D eigenvalue weighted by Crippen LogP contribution is 2.26. The molecule has 1 fully saturated rings. The molecule has 0 aromatic rings. The second-order valence-corrected chi connectivity index (χ2v) is 23.6. The molecular formula is C70H127NO10. The number of unbranched alkanes of at least 4 members (excludes halogenated alkanes) is 36. The molecule has 0 aromatic heterocycles. The average Bonchev–Trinajstić information content (AvgIpc) is 3.51. The highest BCUT2D eigenvalue weighted by Gasteiger charge is 2.47. The van der Waals surface area contributed by atoms with Gasteiger partial charge in [0.05, 0.1) is 25.4 Å². The fourth-order valence-electron chi connectivity index (χ4n) is 10.5. The van der Waals surface area contributed by atoms with Gasteiger partial charge in [0, 0.05) is 6.42 Å². The van der Waals surface area contributed by atoms with Crippen molar-refractivity contribution in [1.29, 1.82) is 0 Å². The molecule has 472 valence electrons. The molecule has 11 heteroatoms. The van der Waals surface area contributed by atoms with Crippen LogP contribution in [0.1, 0.15) is 310 Å². The first-order chi connectivity index (χ1) is 39.7. The van der Waals surface area contributed by atoms with Crippen LogP contribution in [0.25, 0.3) is 0 Å². The summed E-state index contributed by atoms with van der Waals surface area (Å²) in [6, 6.07) is -1.02. The van der Waals surface area contributed by atoms with Crippen LogP contribution in [0.4, 0.5) is 0 Å². The minimum Gasteiger partial charge on any atom is -0.454 e. The lowest BCUT2D eigenvalue weighted by atomic mass is 9.99. The Hall–Kier alpha value is -2.64. The van der Waals surface area contributed by atoms with Crippen LogP contribution >= 0.6 is 0 Å². The Bertz CT molecular complexity index is 1550. The zero-order valence-corrected chi connectivity index (χ0v) is 52.4. The van der Waals surface area contributed by atoms with Gasteiger partial charge in [-0.25, -0.2) is 0 Å². The summed E-state index contributed by atoms with van der Waals surface area (Å²) in [5, 5.41) is 57.1. The number of carbonyl (C=O) groups is 2. The Morgan fingerprint density at radius 1 is 0.481 bits per heavy atom. The van der Waals surface area contributed by atoms with E-state index in [-0.39, 0.29) is 13.0 Å². The second-order valence-electron chi connectivity index (χ2n) is 23.6. The van der Waals surface area contributed by atoms with Crippen LogP contribution in [0.3, 0.4) is 0 Å². The zero-order valence-electron chi connectivity index (χ0n) is 52.4. The molecule has 0 radical (unpaired) electrons. The van der Waals surface area contributed by atoms with Crippen molar-refractivity contribution in [2.24, 2.45) is 0 Å². The maximum Gasteiger partial charge on any atom is 0.306 e. The molecule has 1 aliphatic rings. The summed E-state index contributed by atoms with van der Waals surface area (Å²) in [5.41, 5.74) is 0. The Kier molecular flexibility index (Phi) is 54.5. The molecular weight excluding hydrogens is 1010 g/mol. The molecule has 11 nitrogen and oxygen atoms in total. The Morgan fingerprint density at radius 2 is 0.852 bits per heavy atom. The third kappa shape index (κ3) is 45.4. The van der Waals surface area contributed by atoms with Crippen molar-refractivity contribution < 1.29 is 49.3 Å². The van der Waals surface area contributed by atoms with Gasteiger partial charge in [-0.3, -0.25) is 9.59 Å². The van der Waals surface area contributed by atoms with Crippen LogP contribution in [-0.2, 0) is 23.8 Å². The topological polar surface area (TPSA) is 175 Å². The SMILES string of the molecule is CCCCC/C=C\C/C=C\C/C=C\C/C=C\CCCCCCCCCCCCCC(=O)OC1C(OCC(NC(=O)C(O)CCCCCCCCCCCCCCC)C(O)/C=C/CCCCCCCCCCCC)OC(CO)C(O)C1O. The van der Waals surface area contributed by atoms with Gasteiger partial charge in [-0.15, -0.1) is 0 Å². The van der Waals surface area contributed by atoms with E-state index in [1.165, 1.54) is 180 Å². The van der Waals surface area contributed by atoms with Crippen LogP contribution in [0.5, 0.6) is 0 Å². The summed E-state index contributed by atoms with van der Waals surface area (Å²) >= 11 is 0. The van der Waals surface area contributed by atoms with E-state index in [1.807, 2.05) is 6.08 Å². The van der Waals surface area contributed by atoms with E-state index in [4.69, 9.17) is 14.2 Å². The van der Waals surface area contributed by atoms with Gasteiger partial charge in [-0.05, 0) is 70.6 Å². The van der Waals surface area contributed by atoms with Gasteiger partial charge in [-0.1, -0.05) is 293 Å². The highest BCUT2D eigenvalue weighted by atomic mass is 16.7. The highest BCUT2D eigenvalue weighted by molar-refractivity contribution is 5.80. The Morgan fingerprint density at radius 3 is 1.30 bits per heavy atom. The number of allylic oxidation sites excluding steroid dienone is 9. The fraction of sp³-hybridized carbons (Fsp3) is 0.829. The Labute approximate surface area is 497 Å². The molecule has 1 amide bonds. The molecule has 1 aliphatic heterocycles. The smallest absolute Gasteiger partial charge is 0.306 e. The lowest BCUT2D eigenvalue weighted by Crippen LogP contribution is -2.61. The number of esters is 1. The normalized spacial score (nSPS) is 19.0. The van der Waals surface area contributed by atoms with E-state index in [0.717, 1.165) is 83.5 Å². The number of hydrogen-bond acceptors (Lipinski definition) is 10. The maximum atomic E-state index is 13.4. The van der Waals surface area contributed by atoms with E-state index < -0.39 is 67.4 Å². The molecule has 0 spiro atoms. The molecule has 0 aliphatic carbocycles. The molecule has 1 heterocycles. The number of hydrogen-bond donors (Lipinski definition) is 6. The van der Waals surface area contributed by atoms with Crippen LogP contribution < -0.4 is 5.32 Å². The summed E-state index contributed by atoms with van der Waals surface area (Å²) < 4.78 is 17.7. The molecule has 0 aromatic carbocycles. The van der Waals surface area contributed by atoms with Crippen molar-refractivity contribution in [2.75, 3.05) is 13.2 Å². The predicted molar refractivity (Wildman–Crippen MR) is 338 cm³/mol. The van der Waals surface area contributed by atoms with E-state index in [2.05, 4.69) is 74.7 Å². The maximum absolute atomic E-state index is 13.4. The molecule has 0 bridgehead atoms. The molecule has 1 saturated heterocycles. The largest absolute Gasteiger partial charge is 0.454 e. The van der Waals surface area contributed by atoms with Crippen LogP contribution in [-0.4, -0.2) is 99.6 Å². The van der Waals surface area contributed by atoms with Crippen molar-refractivity contribution >= 4 is 11.9 Å². The van der Waals surface area contributed by atoms with Crippen molar-refractivity contribution in [3.8, 4) is 0 Å². The summed E-state index contributed by atoms with van der Waals surface area (Å²) in [6.45, 7) is 5.78. The number of rotatable bonds is 58. The van der Waals surface area contributed by atoms with Crippen molar-refractivity contribution in [2.45, 2.75) is 359 Å². The number of amides is 1. The van der Waals surface area contributed by atoms with Gasteiger partial charge < -0.3 is 45.1 Å².